The zero-order valence-corrected chi connectivity index (χ0v) is 22.6. The van der Waals surface area contributed by atoms with Crippen molar-refractivity contribution < 1.29 is 36.6 Å². The van der Waals surface area contributed by atoms with E-state index in [4.69, 9.17) is 18.9 Å². The minimum absolute atomic E-state index is 0.135. The van der Waals surface area contributed by atoms with Gasteiger partial charge in [-0.25, -0.2) is 0 Å². The van der Waals surface area contributed by atoms with Crippen molar-refractivity contribution in [3.63, 3.8) is 0 Å². The van der Waals surface area contributed by atoms with E-state index in [-0.39, 0.29) is 24.2 Å². The average Bonchev–Trinajstić information content (AvgIpc) is 3.68. The van der Waals surface area contributed by atoms with Gasteiger partial charge in [-0.2, -0.15) is 0 Å². The maximum absolute atomic E-state index is 6.45. The van der Waals surface area contributed by atoms with Crippen LogP contribution in [0.4, 0.5) is 0 Å². The Balaban J connectivity index is 1.34. The molecule has 2 aromatic rings. The first-order valence-electron chi connectivity index (χ1n) is 12.9. The predicted octanol–water partition coefficient (Wildman–Crippen LogP) is 3.06. The normalized spacial score (nSPS) is 31.0. The fourth-order valence-electron chi connectivity index (χ4n) is 7.10. The van der Waals surface area contributed by atoms with Gasteiger partial charge in [0.2, 0.25) is 0 Å². The first-order valence-corrected chi connectivity index (χ1v) is 15.1. The molecule has 0 N–H and O–H groups in total. The first kappa shape index (κ1) is 19.8. The molecule has 0 aliphatic carbocycles. The second-order valence-corrected chi connectivity index (χ2v) is 13.5. The van der Waals surface area contributed by atoms with Gasteiger partial charge in [-0.05, 0) is 0 Å². The molecular weight excluding hydrogens is 651 g/mol. The number of fused-ring (bicyclic) bond motifs is 8. The quantitative estimate of drug-likeness (QED) is 0.423. The molecule has 0 saturated carbocycles. The Morgan fingerprint density at radius 1 is 0.514 bits per heavy atom. The van der Waals surface area contributed by atoms with Gasteiger partial charge in [0.15, 0.2) is 0 Å². The van der Waals surface area contributed by atoms with Gasteiger partial charge in [0.1, 0.15) is 0 Å². The fraction of sp³-hybridized carbons (Fsp3) is 0.357. The summed E-state index contributed by atoms with van der Waals surface area (Å²) in [6, 6.07) is 14.6. The zero-order valence-electron chi connectivity index (χ0n) is 20.3. The number of rotatable bonds is 0. The van der Waals surface area contributed by atoms with Crippen LogP contribution >= 0.6 is 0 Å². The number of hydrogen-bond donors (Lipinski definition) is 0. The molecule has 8 aliphatic heterocycles. The van der Waals surface area contributed by atoms with Crippen LogP contribution in [-0.4, -0.2) is 54.3 Å². The molecule has 4 saturated heterocycles. The van der Waals surface area contributed by atoms with Gasteiger partial charge in [0.05, 0.1) is 0 Å². The SMILES string of the molecule is Cc1cc2cc(c1)C1COC3=C4OCC5c6cc(C)cc(c6)C6COC7=C8OCC2N8[C](=[Pt]=[C](N31)N45)N76. The van der Waals surface area contributed by atoms with Crippen molar-refractivity contribution in [1.82, 2.24) is 19.6 Å². The van der Waals surface area contributed by atoms with Crippen LogP contribution in [0.2, 0.25) is 0 Å². The summed E-state index contributed by atoms with van der Waals surface area (Å²) in [7, 11) is 0. The molecule has 2 aromatic carbocycles. The standard InChI is InChI=1S/C28H24N4O4.Pt/c1-15-3-17-7-18(4-15)22-10-34-26-28-32(14-30(22)26)24(12-36-28)20-6-16(2)5-19(8-20)23-11-35-27-25-29(13-31(23)27)21(17)9-33-25;/h3-8,21-24H,9-12H2,1-2H3;. The van der Waals surface area contributed by atoms with Crippen LogP contribution in [0.15, 0.2) is 59.9 Å². The summed E-state index contributed by atoms with van der Waals surface area (Å²) in [6.07, 6.45) is 0. The van der Waals surface area contributed by atoms with Crippen LogP contribution in [0, 0.1) is 13.8 Å². The summed E-state index contributed by atoms with van der Waals surface area (Å²) in [4.78, 5) is 9.83. The van der Waals surface area contributed by atoms with E-state index >= 15 is 0 Å². The van der Waals surface area contributed by atoms with Crippen molar-refractivity contribution in [3.8, 4) is 0 Å². The first-order chi connectivity index (χ1) is 18.1. The molecule has 4 fully saturated rings. The molecule has 10 rings (SSSR count). The molecule has 0 radical (unpaired) electrons. The minimum atomic E-state index is -0.664. The van der Waals surface area contributed by atoms with E-state index in [9.17, 15) is 0 Å². The molecule has 6 bridgehead atoms. The molecule has 8 heterocycles. The van der Waals surface area contributed by atoms with Gasteiger partial charge in [-0.1, -0.05) is 0 Å². The molecule has 8 nitrogen and oxygen atoms in total. The van der Waals surface area contributed by atoms with Crippen molar-refractivity contribution in [3.05, 3.63) is 93.3 Å². The Morgan fingerprint density at radius 2 is 0.811 bits per heavy atom. The summed E-state index contributed by atoms with van der Waals surface area (Å²) in [5.41, 5.74) is 7.73. The molecule has 9 heteroatoms. The van der Waals surface area contributed by atoms with E-state index in [1.54, 1.807) is 0 Å². The predicted molar refractivity (Wildman–Crippen MR) is 129 cm³/mol. The van der Waals surface area contributed by atoms with Gasteiger partial charge in [-0.3, -0.25) is 0 Å². The van der Waals surface area contributed by atoms with Crippen LogP contribution in [-0.2, 0) is 36.6 Å². The maximum atomic E-state index is 6.45. The molecule has 37 heavy (non-hydrogen) atoms. The van der Waals surface area contributed by atoms with E-state index in [0.29, 0.717) is 26.4 Å². The molecule has 0 amide bonds. The third-order valence-corrected chi connectivity index (χ3v) is 11.9. The zero-order chi connectivity index (χ0) is 24.2. The van der Waals surface area contributed by atoms with Gasteiger partial charge >= 0.3 is 222 Å². The topological polar surface area (TPSA) is 49.9 Å². The molecular formula is C28H24N4O4Pt. The molecule has 4 atom stereocenters. The second kappa shape index (κ2) is 6.41. The monoisotopic (exact) mass is 675 g/mol. The summed E-state index contributed by atoms with van der Waals surface area (Å²) in [5.74, 6) is 3.53. The van der Waals surface area contributed by atoms with Gasteiger partial charge in [0.25, 0.3) is 0 Å². The van der Waals surface area contributed by atoms with Crippen LogP contribution in [0.25, 0.3) is 0 Å². The van der Waals surface area contributed by atoms with Gasteiger partial charge < -0.3 is 0 Å². The van der Waals surface area contributed by atoms with Crippen molar-refractivity contribution in [2.75, 3.05) is 26.4 Å². The third-order valence-electron chi connectivity index (χ3n) is 8.66. The van der Waals surface area contributed by atoms with Crippen molar-refractivity contribution in [2.24, 2.45) is 0 Å². The number of aryl methyl sites for hydroxylation is 2. The van der Waals surface area contributed by atoms with Crippen molar-refractivity contribution in [1.29, 1.82) is 0 Å². The van der Waals surface area contributed by atoms with Crippen LogP contribution in [0.5, 0.6) is 0 Å². The van der Waals surface area contributed by atoms with E-state index in [0.717, 1.165) is 23.5 Å². The molecule has 0 aromatic heterocycles. The Hall–Kier alpha value is -3.25. The van der Waals surface area contributed by atoms with Crippen LogP contribution < -0.4 is 0 Å². The molecule has 8 aliphatic rings. The fourth-order valence-corrected chi connectivity index (χ4v) is 11.0. The molecule has 190 valence electrons. The van der Waals surface area contributed by atoms with E-state index in [2.05, 4.69) is 69.8 Å². The average molecular weight is 676 g/mol. The molecule has 0 spiro atoms. The van der Waals surface area contributed by atoms with E-state index in [1.165, 1.54) is 41.7 Å². The summed E-state index contributed by atoms with van der Waals surface area (Å²) >= 11 is -0.664. The van der Waals surface area contributed by atoms with E-state index < -0.39 is 17.6 Å². The van der Waals surface area contributed by atoms with Crippen LogP contribution in [0.3, 0.4) is 0 Å². The van der Waals surface area contributed by atoms with Gasteiger partial charge in [0, 0.05) is 0 Å². The number of benzene rings is 2. The Labute approximate surface area is 221 Å². The summed E-state index contributed by atoms with van der Waals surface area (Å²) < 4.78 is 28.5. The number of ether oxygens (including phenoxy) is 4. The Morgan fingerprint density at radius 3 is 1.11 bits per heavy atom. The van der Waals surface area contributed by atoms with Crippen molar-refractivity contribution in [2.45, 2.75) is 38.0 Å². The van der Waals surface area contributed by atoms with Crippen LogP contribution in [0.1, 0.15) is 57.5 Å². The summed E-state index contributed by atoms with van der Waals surface area (Å²) in [6.45, 7) is 6.93. The number of nitrogens with zero attached hydrogens (tertiary/aromatic N) is 4. The molecule has 4 unspecified atom stereocenters. The van der Waals surface area contributed by atoms with Crippen molar-refractivity contribution >= 4 is 8.29 Å². The second-order valence-electron chi connectivity index (χ2n) is 10.9. The Kier molecular flexibility index (Phi) is 3.43. The number of hydrogen-bond acceptors (Lipinski definition) is 8. The van der Waals surface area contributed by atoms with E-state index in [1.807, 2.05) is 0 Å². The summed E-state index contributed by atoms with van der Waals surface area (Å²) in [5, 5.41) is 0. The Bertz CT molecular complexity index is 1410. The third kappa shape index (κ3) is 2.27. The van der Waals surface area contributed by atoms with Gasteiger partial charge in [-0.15, -0.1) is 0 Å².